The normalized spacial score (nSPS) is 21.1. The lowest BCUT2D eigenvalue weighted by atomic mass is 9.79. The predicted octanol–water partition coefficient (Wildman–Crippen LogP) is 2.89. The van der Waals surface area contributed by atoms with Gasteiger partial charge in [0.05, 0.1) is 17.1 Å². The smallest absolute Gasteiger partial charge is 0.408 e. The molecule has 1 heterocycles. The molecule has 1 aliphatic carbocycles. The summed E-state index contributed by atoms with van der Waals surface area (Å²) >= 11 is 1.06. The van der Waals surface area contributed by atoms with Crippen LogP contribution in [0.2, 0.25) is 0 Å². The molecule has 0 bridgehead atoms. The minimum absolute atomic E-state index is 0.0266. The number of ketones is 2. The summed E-state index contributed by atoms with van der Waals surface area (Å²) in [4.78, 5) is 51.6. The van der Waals surface area contributed by atoms with Crippen molar-refractivity contribution in [2.24, 2.45) is 0 Å². The fourth-order valence-electron chi connectivity index (χ4n) is 3.17. The van der Waals surface area contributed by atoms with Crippen molar-refractivity contribution in [3.05, 3.63) is 45.9 Å². The molecule has 0 spiro atoms. The van der Waals surface area contributed by atoms with Gasteiger partial charge in [-0.2, -0.15) is 0 Å². The topological polar surface area (TPSA) is 98.8 Å². The molecule has 0 fully saturated rings. The second kappa shape index (κ2) is 7.09. The van der Waals surface area contributed by atoms with Gasteiger partial charge < -0.3 is 14.8 Å². The van der Waals surface area contributed by atoms with E-state index >= 15 is 0 Å². The number of carbonyl (C=O) groups excluding carboxylic acids is 4. The number of nitrogens with one attached hydrogen (secondary N) is 1. The van der Waals surface area contributed by atoms with Crippen molar-refractivity contribution in [2.45, 2.75) is 38.8 Å². The number of thioether (sulfide) groups is 1. The first-order valence-electron chi connectivity index (χ1n) is 8.85. The van der Waals surface area contributed by atoms with E-state index in [0.717, 1.165) is 11.8 Å². The summed E-state index contributed by atoms with van der Waals surface area (Å²) in [5, 5.41) is 2.53. The Morgan fingerprint density at radius 3 is 2.32 bits per heavy atom. The summed E-state index contributed by atoms with van der Waals surface area (Å²) in [6.45, 7) is 6.73. The van der Waals surface area contributed by atoms with Crippen LogP contribution in [0.3, 0.4) is 0 Å². The second-order valence-corrected chi connectivity index (χ2v) is 8.43. The van der Waals surface area contributed by atoms with E-state index in [1.165, 1.54) is 6.07 Å². The Morgan fingerprint density at radius 1 is 1.14 bits per heavy atom. The molecule has 7 nitrogen and oxygen atoms in total. The van der Waals surface area contributed by atoms with Gasteiger partial charge >= 0.3 is 12.1 Å². The first-order chi connectivity index (χ1) is 13.1. The SMILES string of the molecule is CCOC(=O)C1(NC(=O)OC(C)(C)C)CSC2=C1C(=O)c1ccccc1C2=O. The zero-order chi connectivity index (χ0) is 20.7. The van der Waals surface area contributed by atoms with Crippen LogP contribution in [0.5, 0.6) is 0 Å². The summed E-state index contributed by atoms with van der Waals surface area (Å²) in [7, 11) is 0. The van der Waals surface area contributed by atoms with Crippen LogP contribution in [0.1, 0.15) is 48.4 Å². The first kappa shape index (κ1) is 20.1. The molecule has 28 heavy (non-hydrogen) atoms. The first-order valence-corrected chi connectivity index (χ1v) is 9.83. The summed E-state index contributed by atoms with van der Waals surface area (Å²) < 4.78 is 10.4. The van der Waals surface area contributed by atoms with Gasteiger partial charge in [0.25, 0.3) is 0 Å². The van der Waals surface area contributed by atoms with Crippen LogP contribution in [0.25, 0.3) is 0 Å². The number of Topliss-reactive ketones (excluding diaryl/α,β-unsaturated/α-hetero) is 2. The van der Waals surface area contributed by atoms with Crippen LogP contribution < -0.4 is 5.32 Å². The Labute approximate surface area is 166 Å². The van der Waals surface area contributed by atoms with Crippen molar-refractivity contribution >= 4 is 35.4 Å². The van der Waals surface area contributed by atoms with Gasteiger partial charge in [-0.3, -0.25) is 9.59 Å². The minimum atomic E-state index is -1.78. The molecule has 1 atom stereocenters. The number of esters is 1. The number of hydrogen-bond acceptors (Lipinski definition) is 7. The third-order valence-electron chi connectivity index (χ3n) is 4.27. The summed E-state index contributed by atoms with van der Waals surface area (Å²) in [6.07, 6.45) is -0.867. The van der Waals surface area contributed by atoms with Crippen LogP contribution in [0.4, 0.5) is 4.79 Å². The standard InChI is InChI=1S/C20H21NO6S/c1-5-26-17(24)20(21-18(25)27-19(2,3)4)10-28-16-13(20)14(22)11-8-6-7-9-12(11)15(16)23/h6-9H,5,10H2,1-4H3,(H,21,25). The van der Waals surface area contributed by atoms with E-state index in [2.05, 4.69) is 5.32 Å². The van der Waals surface area contributed by atoms with Gasteiger partial charge in [0.1, 0.15) is 5.60 Å². The van der Waals surface area contributed by atoms with Gasteiger partial charge in [0, 0.05) is 16.9 Å². The van der Waals surface area contributed by atoms with Crippen LogP contribution >= 0.6 is 11.8 Å². The van der Waals surface area contributed by atoms with Crippen molar-refractivity contribution in [1.82, 2.24) is 5.32 Å². The van der Waals surface area contributed by atoms with Gasteiger partial charge in [-0.15, -0.1) is 11.8 Å². The van der Waals surface area contributed by atoms with E-state index in [1.807, 2.05) is 0 Å². The Balaban J connectivity index is 2.09. The fraction of sp³-hybridized carbons (Fsp3) is 0.400. The molecule has 1 amide bonds. The molecular weight excluding hydrogens is 382 g/mol. The van der Waals surface area contributed by atoms with E-state index < -0.39 is 29.0 Å². The maximum atomic E-state index is 13.2. The molecule has 0 radical (unpaired) electrons. The lowest BCUT2D eigenvalue weighted by Crippen LogP contribution is -2.59. The number of ether oxygens (including phenoxy) is 2. The van der Waals surface area contributed by atoms with E-state index in [9.17, 15) is 19.2 Å². The molecule has 1 unspecified atom stereocenters. The number of hydrogen-bond donors (Lipinski definition) is 1. The molecule has 8 heteroatoms. The average Bonchev–Trinajstić information content (AvgIpc) is 2.99. The van der Waals surface area contributed by atoms with Gasteiger partial charge in [-0.25, -0.2) is 9.59 Å². The number of alkyl carbamates (subject to hydrolysis) is 1. The lowest BCUT2D eigenvalue weighted by Gasteiger charge is -2.32. The summed E-state index contributed by atoms with van der Waals surface area (Å²) in [6, 6.07) is 6.43. The molecule has 0 saturated heterocycles. The highest BCUT2D eigenvalue weighted by atomic mass is 32.2. The molecule has 1 aromatic rings. The molecule has 2 aliphatic rings. The number of carbonyl (C=O) groups is 4. The van der Waals surface area contributed by atoms with Crippen molar-refractivity contribution < 1.29 is 28.7 Å². The Morgan fingerprint density at radius 2 is 1.75 bits per heavy atom. The van der Waals surface area contributed by atoms with Crippen molar-refractivity contribution in [3.63, 3.8) is 0 Å². The predicted molar refractivity (Wildman–Crippen MR) is 103 cm³/mol. The number of rotatable bonds is 3. The highest BCUT2D eigenvalue weighted by molar-refractivity contribution is 8.04. The number of amides is 1. The second-order valence-electron chi connectivity index (χ2n) is 7.45. The largest absolute Gasteiger partial charge is 0.464 e. The summed E-state index contributed by atoms with van der Waals surface area (Å²) in [5.74, 6) is -1.63. The molecule has 0 saturated carbocycles. The van der Waals surface area contributed by atoms with Crippen molar-refractivity contribution in [2.75, 3.05) is 12.4 Å². The van der Waals surface area contributed by atoms with E-state index in [1.54, 1.807) is 45.9 Å². The Hall–Kier alpha value is -2.61. The Bertz CT molecular complexity index is 914. The molecule has 1 N–H and O–H groups in total. The zero-order valence-electron chi connectivity index (χ0n) is 16.1. The van der Waals surface area contributed by atoms with Crippen LogP contribution in [-0.2, 0) is 14.3 Å². The molecule has 3 rings (SSSR count). The maximum Gasteiger partial charge on any atom is 0.408 e. The number of allylic oxidation sites excluding steroid dienone is 1. The van der Waals surface area contributed by atoms with Crippen LogP contribution in [-0.4, -0.2) is 47.1 Å². The van der Waals surface area contributed by atoms with Gasteiger partial charge in [0.15, 0.2) is 11.3 Å². The highest BCUT2D eigenvalue weighted by Gasteiger charge is 2.56. The third-order valence-corrected chi connectivity index (χ3v) is 5.53. The highest BCUT2D eigenvalue weighted by Crippen LogP contribution is 2.46. The van der Waals surface area contributed by atoms with Crippen molar-refractivity contribution in [3.8, 4) is 0 Å². The molecule has 1 aliphatic heterocycles. The Kier molecular flexibility index (Phi) is 5.10. The zero-order valence-corrected chi connectivity index (χ0v) is 16.9. The fourth-order valence-corrected chi connectivity index (χ4v) is 4.52. The third kappa shape index (κ3) is 3.32. The number of benzene rings is 1. The van der Waals surface area contributed by atoms with Crippen molar-refractivity contribution in [1.29, 1.82) is 0 Å². The van der Waals surface area contributed by atoms with Crippen LogP contribution in [0, 0.1) is 0 Å². The average molecular weight is 403 g/mol. The molecule has 148 valence electrons. The minimum Gasteiger partial charge on any atom is -0.464 e. The van der Waals surface area contributed by atoms with Gasteiger partial charge in [-0.1, -0.05) is 24.3 Å². The van der Waals surface area contributed by atoms with E-state index in [4.69, 9.17) is 9.47 Å². The van der Waals surface area contributed by atoms with E-state index in [0.29, 0.717) is 0 Å². The number of fused-ring (bicyclic) bond motifs is 1. The maximum absolute atomic E-state index is 13.2. The van der Waals surface area contributed by atoms with E-state index in [-0.39, 0.29) is 39.7 Å². The summed E-state index contributed by atoms with van der Waals surface area (Å²) in [5.41, 5.74) is -2.14. The quantitative estimate of drug-likeness (QED) is 0.775. The van der Waals surface area contributed by atoms with Gasteiger partial charge in [0.2, 0.25) is 5.78 Å². The van der Waals surface area contributed by atoms with Gasteiger partial charge in [-0.05, 0) is 27.7 Å². The molecule has 1 aromatic carbocycles. The monoisotopic (exact) mass is 403 g/mol. The molecular formula is C20H21NO6S. The molecule has 0 aromatic heterocycles. The van der Waals surface area contributed by atoms with Crippen LogP contribution in [0.15, 0.2) is 34.7 Å². The lowest BCUT2D eigenvalue weighted by molar-refractivity contribution is -0.148.